The highest BCUT2D eigenvalue weighted by molar-refractivity contribution is 5.98. The monoisotopic (exact) mass is 264 g/mol. The lowest BCUT2D eigenvalue weighted by molar-refractivity contribution is -0.137. The zero-order valence-corrected chi connectivity index (χ0v) is 11.4. The van der Waals surface area contributed by atoms with E-state index in [0.717, 1.165) is 0 Å². The lowest BCUT2D eigenvalue weighted by atomic mass is 9.84. The van der Waals surface area contributed by atoms with E-state index >= 15 is 0 Å². The molecule has 0 radical (unpaired) electrons. The van der Waals surface area contributed by atoms with Gasteiger partial charge in [0.25, 0.3) is 5.91 Å². The van der Waals surface area contributed by atoms with Gasteiger partial charge in [0.1, 0.15) is 0 Å². The molecule has 1 unspecified atom stereocenters. The first-order chi connectivity index (χ1) is 8.71. The Kier molecular flexibility index (Phi) is 4.53. The van der Waals surface area contributed by atoms with Gasteiger partial charge in [-0.15, -0.1) is 0 Å². The number of carbonyl (C=O) groups excluding carboxylic acids is 1. The summed E-state index contributed by atoms with van der Waals surface area (Å²) in [6.07, 6.45) is -0.0312. The number of nitrogens with one attached hydrogen (secondary N) is 1. The molecule has 5 heteroatoms. The molecule has 0 fully saturated rings. The van der Waals surface area contributed by atoms with Crippen LogP contribution in [-0.2, 0) is 4.79 Å². The number of benzene rings is 1. The number of nitrogens with two attached hydrogens (primary N) is 1. The average molecular weight is 264 g/mol. The van der Waals surface area contributed by atoms with Gasteiger partial charge in [0.15, 0.2) is 0 Å². The van der Waals surface area contributed by atoms with E-state index in [1.165, 1.54) is 0 Å². The molecule has 0 saturated carbocycles. The van der Waals surface area contributed by atoms with Crippen molar-refractivity contribution in [1.29, 1.82) is 0 Å². The van der Waals surface area contributed by atoms with Gasteiger partial charge in [-0.2, -0.15) is 0 Å². The van der Waals surface area contributed by atoms with Gasteiger partial charge in [-0.25, -0.2) is 0 Å². The molecule has 0 aliphatic heterocycles. The lowest BCUT2D eigenvalue weighted by Crippen LogP contribution is -2.36. The molecule has 0 aromatic heterocycles. The predicted octanol–water partition coefficient (Wildman–Crippen LogP) is 2.09. The van der Waals surface area contributed by atoms with Crippen LogP contribution in [0.1, 0.15) is 37.6 Å². The summed E-state index contributed by atoms with van der Waals surface area (Å²) in [6.45, 7) is 5.83. The molecule has 0 bridgehead atoms. The number of amides is 1. The fraction of sp³-hybridized carbons (Fsp3) is 0.429. The SMILES string of the molecule is CC(C)(C)C(CC(=O)O)Nc1ccccc1C(N)=O. The molecule has 0 heterocycles. The quantitative estimate of drug-likeness (QED) is 0.759. The highest BCUT2D eigenvalue weighted by Gasteiger charge is 2.27. The van der Waals surface area contributed by atoms with E-state index in [-0.39, 0.29) is 17.9 Å². The van der Waals surface area contributed by atoms with E-state index in [1.807, 2.05) is 20.8 Å². The molecular formula is C14H20N2O3. The molecule has 1 amide bonds. The normalized spacial score (nSPS) is 12.8. The van der Waals surface area contributed by atoms with Crippen molar-refractivity contribution in [3.63, 3.8) is 0 Å². The van der Waals surface area contributed by atoms with Gasteiger partial charge in [-0.3, -0.25) is 9.59 Å². The van der Waals surface area contributed by atoms with Crippen LogP contribution in [0.2, 0.25) is 0 Å². The third-order valence-electron chi connectivity index (χ3n) is 2.95. The first-order valence-electron chi connectivity index (χ1n) is 6.09. The van der Waals surface area contributed by atoms with E-state index < -0.39 is 11.9 Å². The van der Waals surface area contributed by atoms with Gasteiger partial charge < -0.3 is 16.2 Å². The van der Waals surface area contributed by atoms with Crippen LogP contribution < -0.4 is 11.1 Å². The molecule has 0 aliphatic rings. The van der Waals surface area contributed by atoms with Crippen molar-refractivity contribution in [2.75, 3.05) is 5.32 Å². The minimum absolute atomic E-state index is 0.0312. The molecule has 19 heavy (non-hydrogen) atoms. The van der Waals surface area contributed by atoms with Crippen molar-refractivity contribution in [3.8, 4) is 0 Å². The number of carboxylic acids is 1. The second kappa shape index (κ2) is 5.73. The van der Waals surface area contributed by atoms with Gasteiger partial charge in [0.2, 0.25) is 0 Å². The Labute approximate surface area is 112 Å². The Balaban J connectivity index is 3.03. The summed E-state index contributed by atoms with van der Waals surface area (Å²) in [5, 5.41) is 12.1. The molecular weight excluding hydrogens is 244 g/mol. The van der Waals surface area contributed by atoms with Crippen LogP contribution >= 0.6 is 0 Å². The van der Waals surface area contributed by atoms with Crippen molar-refractivity contribution in [1.82, 2.24) is 0 Å². The molecule has 5 nitrogen and oxygen atoms in total. The summed E-state index contributed by atoms with van der Waals surface area (Å²) in [6, 6.07) is 6.53. The second-order valence-electron chi connectivity index (χ2n) is 5.57. The van der Waals surface area contributed by atoms with E-state index in [9.17, 15) is 9.59 Å². The number of hydrogen-bond acceptors (Lipinski definition) is 3. The molecule has 1 aromatic rings. The van der Waals surface area contributed by atoms with Gasteiger partial charge in [-0.1, -0.05) is 32.9 Å². The van der Waals surface area contributed by atoms with Crippen LogP contribution in [0.15, 0.2) is 24.3 Å². The Morgan fingerprint density at radius 3 is 2.37 bits per heavy atom. The number of primary amides is 1. The summed E-state index contributed by atoms with van der Waals surface area (Å²) in [4.78, 5) is 22.3. The number of anilines is 1. The maximum atomic E-state index is 11.3. The highest BCUT2D eigenvalue weighted by Crippen LogP contribution is 2.27. The topological polar surface area (TPSA) is 92.4 Å². The van der Waals surface area contributed by atoms with E-state index in [4.69, 9.17) is 10.8 Å². The zero-order valence-electron chi connectivity index (χ0n) is 11.4. The molecule has 0 saturated heterocycles. The van der Waals surface area contributed by atoms with Gasteiger partial charge in [-0.05, 0) is 17.5 Å². The summed E-state index contributed by atoms with van der Waals surface area (Å²) >= 11 is 0. The Morgan fingerprint density at radius 1 is 1.32 bits per heavy atom. The van der Waals surface area contributed by atoms with E-state index in [0.29, 0.717) is 11.3 Å². The lowest BCUT2D eigenvalue weighted by Gasteiger charge is -2.31. The van der Waals surface area contributed by atoms with Gasteiger partial charge in [0, 0.05) is 11.7 Å². The smallest absolute Gasteiger partial charge is 0.305 e. The van der Waals surface area contributed by atoms with Crippen LogP contribution in [0.4, 0.5) is 5.69 Å². The fourth-order valence-electron chi connectivity index (χ4n) is 1.76. The van der Waals surface area contributed by atoms with Gasteiger partial charge >= 0.3 is 5.97 Å². The fourth-order valence-corrected chi connectivity index (χ4v) is 1.76. The molecule has 4 N–H and O–H groups in total. The van der Waals surface area contributed by atoms with Gasteiger partial charge in [0.05, 0.1) is 12.0 Å². The molecule has 1 atom stereocenters. The molecule has 0 spiro atoms. The molecule has 1 aromatic carbocycles. The van der Waals surface area contributed by atoms with Crippen molar-refractivity contribution in [3.05, 3.63) is 29.8 Å². The summed E-state index contributed by atoms with van der Waals surface area (Å²) in [7, 11) is 0. The maximum Gasteiger partial charge on any atom is 0.305 e. The molecule has 0 aliphatic carbocycles. The first kappa shape index (κ1) is 15.0. The zero-order chi connectivity index (χ0) is 14.6. The third-order valence-corrected chi connectivity index (χ3v) is 2.95. The Bertz CT molecular complexity index is 478. The summed E-state index contributed by atoms with van der Waals surface area (Å²) in [5.41, 5.74) is 5.97. The van der Waals surface area contributed by atoms with Crippen LogP contribution in [0, 0.1) is 5.41 Å². The standard InChI is InChI=1S/C14H20N2O3/c1-14(2,3)11(8-12(17)18)16-10-7-5-4-6-9(10)13(15)19/h4-7,11,16H,8H2,1-3H3,(H2,15,19)(H,17,18). The number of carbonyl (C=O) groups is 2. The van der Waals surface area contributed by atoms with Crippen molar-refractivity contribution in [2.45, 2.75) is 33.2 Å². The molecule has 104 valence electrons. The highest BCUT2D eigenvalue weighted by atomic mass is 16.4. The van der Waals surface area contributed by atoms with Crippen molar-refractivity contribution >= 4 is 17.6 Å². The number of carboxylic acid groups (broad SMARTS) is 1. The van der Waals surface area contributed by atoms with Crippen LogP contribution in [0.5, 0.6) is 0 Å². The van der Waals surface area contributed by atoms with E-state index in [1.54, 1.807) is 24.3 Å². The maximum absolute atomic E-state index is 11.3. The second-order valence-corrected chi connectivity index (χ2v) is 5.57. The Hall–Kier alpha value is -2.04. The number of para-hydroxylation sites is 1. The largest absolute Gasteiger partial charge is 0.481 e. The van der Waals surface area contributed by atoms with Crippen LogP contribution in [0.3, 0.4) is 0 Å². The third kappa shape index (κ3) is 4.28. The predicted molar refractivity (Wildman–Crippen MR) is 74.1 cm³/mol. The molecule has 1 rings (SSSR count). The van der Waals surface area contributed by atoms with Crippen molar-refractivity contribution < 1.29 is 14.7 Å². The van der Waals surface area contributed by atoms with Crippen molar-refractivity contribution in [2.24, 2.45) is 11.1 Å². The minimum Gasteiger partial charge on any atom is -0.481 e. The summed E-state index contributed by atoms with van der Waals surface area (Å²) < 4.78 is 0. The van der Waals surface area contributed by atoms with Crippen LogP contribution in [-0.4, -0.2) is 23.0 Å². The first-order valence-corrected chi connectivity index (χ1v) is 6.09. The Morgan fingerprint density at radius 2 is 1.89 bits per heavy atom. The van der Waals surface area contributed by atoms with Crippen LogP contribution in [0.25, 0.3) is 0 Å². The average Bonchev–Trinajstić information content (AvgIpc) is 2.26. The minimum atomic E-state index is -0.885. The number of rotatable bonds is 5. The number of aliphatic carboxylic acids is 1. The number of hydrogen-bond donors (Lipinski definition) is 3. The summed E-state index contributed by atoms with van der Waals surface area (Å²) in [5.74, 6) is -1.42. The van der Waals surface area contributed by atoms with E-state index in [2.05, 4.69) is 5.32 Å².